The number of hydrogen-bond donors (Lipinski definition) is 0. The number of aromatic nitrogens is 1. The first-order chi connectivity index (χ1) is 13.7. The molecule has 0 saturated carbocycles. The van der Waals surface area contributed by atoms with Crippen LogP contribution >= 0.6 is 11.8 Å². The van der Waals surface area contributed by atoms with Crippen LogP contribution in [0.1, 0.15) is 26.3 Å². The van der Waals surface area contributed by atoms with Crippen molar-refractivity contribution in [3.8, 4) is 17.3 Å². The first kappa shape index (κ1) is 18.0. The van der Waals surface area contributed by atoms with Gasteiger partial charge < -0.3 is 0 Å². The molecule has 3 aromatic rings. The summed E-state index contributed by atoms with van der Waals surface area (Å²) in [4.78, 5) is 30.7. The largest absolute Gasteiger partial charge is 0.273 e. The summed E-state index contributed by atoms with van der Waals surface area (Å²) in [7, 11) is 0. The number of thioether (sulfide) groups is 1. The predicted molar refractivity (Wildman–Crippen MR) is 107 cm³/mol. The second-order valence-corrected chi connectivity index (χ2v) is 7.27. The molecule has 1 aromatic heterocycles. The van der Waals surface area contributed by atoms with Gasteiger partial charge in [-0.05, 0) is 24.3 Å². The van der Waals surface area contributed by atoms with E-state index in [4.69, 9.17) is 0 Å². The maximum absolute atomic E-state index is 12.4. The van der Waals surface area contributed by atoms with Gasteiger partial charge in [0.25, 0.3) is 11.8 Å². The highest BCUT2D eigenvalue weighted by Gasteiger charge is 2.34. The number of benzene rings is 2. The SMILES string of the molecule is N#Cc1ccc(-c2ccccc2)nc1SCCN1C(=O)c2ccccc2C1=O. The van der Waals surface area contributed by atoms with Crippen LogP contribution in [0.15, 0.2) is 71.8 Å². The standard InChI is InChI=1S/C22H15N3O2S/c23-14-16-10-11-19(15-6-2-1-3-7-15)24-20(16)28-13-12-25-21(26)17-8-4-5-9-18(17)22(25)27/h1-11H,12-13H2. The van der Waals surface area contributed by atoms with Gasteiger partial charge in [0.1, 0.15) is 11.1 Å². The van der Waals surface area contributed by atoms with Crippen LogP contribution < -0.4 is 0 Å². The fraction of sp³-hybridized carbons (Fsp3) is 0.0909. The van der Waals surface area contributed by atoms with Gasteiger partial charge in [-0.3, -0.25) is 14.5 Å². The molecular weight excluding hydrogens is 370 g/mol. The third kappa shape index (κ3) is 3.28. The highest BCUT2D eigenvalue weighted by molar-refractivity contribution is 7.99. The first-order valence-electron chi connectivity index (χ1n) is 8.73. The molecule has 0 unspecified atom stereocenters. The summed E-state index contributed by atoms with van der Waals surface area (Å²) in [5, 5.41) is 9.97. The third-order valence-corrected chi connectivity index (χ3v) is 5.45. The topological polar surface area (TPSA) is 74.1 Å². The molecule has 0 N–H and O–H groups in total. The number of nitriles is 1. The van der Waals surface area contributed by atoms with Crippen molar-refractivity contribution in [2.24, 2.45) is 0 Å². The Balaban J connectivity index is 1.49. The zero-order chi connectivity index (χ0) is 19.5. The number of imide groups is 1. The lowest BCUT2D eigenvalue weighted by atomic mass is 10.1. The van der Waals surface area contributed by atoms with Crippen molar-refractivity contribution in [1.29, 1.82) is 5.26 Å². The highest BCUT2D eigenvalue weighted by atomic mass is 32.2. The summed E-state index contributed by atoms with van der Waals surface area (Å²) in [6, 6.07) is 22.3. The van der Waals surface area contributed by atoms with Gasteiger partial charge in [-0.15, -0.1) is 11.8 Å². The third-order valence-electron chi connectivity index (χ3n) is 4.48. The normalized spacial score (nSPS) is 12.8. The predicted octanol–water partition coefficient (Wildman–Crippen LogP) is 4.01. The number of amides is 2. The Morgan fingerprint density at radius 3 is 2.18 bits per heavy atom. The van der Waals surface area contributed by atoms with Gasteiger partial charge in [0, 0.05) is 17.9 Å². The summed E-state index contributed by atoms with van der Waals surface area (Å²) >= 11 is 1.37. The fourth-order valence-electron chi connectivity index (χ4n) is 3.08. The van der Waals surface area contributed by atoms with Crippen LogP contribution in [0.3, 0.4) is 0 Å². The highest BCUT2D eigenvalue weighted by Crippen LogP contribution is 2.27. The molecule has 28 heavy (non-hydrogen) atoms. The number of hydrogen-bond acceptors (Lipinski definition) is 5. The number of carbonyl (C=O) groups is 2. The average Bonchev–Trinajstić information content (AvgIpc) is 2.99. The van der Waals surface area contributed by atoms with Gasteiger partial charge in [-0.25, -0.2) is 4.98 Å². The van der Waals surface area contributed by atoms with Crippen molar-refractivity contribution < 1.29 is 9.59 Å². The van der Waals surface area contributed by atoms with E-state index in [9.17, 15) is 14.9 Å². The lowest BCUT2D eigenvalue weighted by Crippen LogP contribution is -2.31. The quantitative estimate of drug-likeness (QED) is 0.490. The Kier molecular flexibility index (Phi) is 4.92. The molecule has 1 aliphatic heterocycles. The van der Waals surface area contributed by atoms with Crippen LogP contribution in [0.4, 0.5) is 0 Å². The molecule has 0 spiro atoms. The number of fused-ring (bicyclic) bond motifs is 1. The lowest BCUT2D eigenvalue weighted by Gasteiger charge is -2.13. The molecular formula is C22H15N3O2S. The van der Waals surface area contributed by atoms with Gasteiger partial charge in [0.2, 0.25) is 0 Å². The van der Waals surface area contributed by atoms with Crippen molar-refractivity contribution in [3.05, 3.63) is 83.4 Å². The number of pyridine rings is 1. The van der Waals surface area contributed by atoms with Gasteiger partial charge >= 0.3 is 0 Å². The van der Waals surface area contributed by atoms with Crippen LogP contribution in [0.2, 0.25) is 0 Å². The van der Waals surface area contributed by atoms with E-state index in [2.05, 4.69) is 11.1 Å². The van der Waals surface area contributed by atoms with Gasteiger partial charge in [-0.1, -0.05) is 42.5 Å². The van der Waals surface area contributed by atoms with Crippen LogP contribution in [-0.2, 0) is 0 Å². The molecule has 0 atom stereocenters. The summed E-state index contributed by atoms with van der Waals surface area (Å²) in [5.74, 6) is -0.0776. The zero-order valence-corrected chi connectivity index (χ0v) is 15.6. The Morgan fingerprint density at radius 1 is 0.893 bits per heavy atom. The van der Waals surface area contributed by atoms with Crippen LogP contribution in [0.5, 0.6) is 0 Å². The molecule has 0 saturated heterocycles. The van der Waals surface area contributed by atoms with E-state index in [0.29, 0.717) is 27.5 Å². The molecule has 0 radical (unpaired) electrons. The molecule has 1 aliphatic rings. The Hall–Kier alpha value is -3.43. The first-order valence-corrected chi connectivity index (χ1v) is 9.72. The molecule has 0 fully saturated rings. The molecule has 2 amide bonds. The number of carbonyl (C=O) groups excluding carboxylic acids is 2. The lowest BCUT2D eigenvalue weighted by molar-refractivity contribution is 0.0664. The molecule has 6 heteroatoms. The van der Waals surface area contributed by atoms with Gasteiger partial charge in [0.15, 0.2) is 0 Å². The maximum Gasteiger partial charge on any atom is 0.261 e. The van der Waals surface area contributed by atoms with E-state index < -0.39 is 0 Å². The van der Waals surface area contributed by atoms with E-state index in [-0.39, 0.29) is 18.4 Å². The van der Waals surface area contributed by atoms with Gasteiger partial charge in [0.05, 0.1) is 22.4 Å². The van der Waals surface area contributed by atoms with E-state index in [1.165, 1.54) is 16.7 Å². The fourth-order valence-corrected chi connectivity index (χ4v) is 3.98. The molecule has 0 aliphatic carbocycles. The minimum absolute atomic E-state index is 0.263. The summed E-state index contributed by atoms with van der Waals surface area (Å²) < 4.78 is 0. The molecule has 2 heterocycles. The van der Waals surface area contributed by atoms with Crippen molar-refractivity contribution in [2.45, 2.75) is 5.03 Å². The monoisotopic (exact) mass is 385 g/mol. The second kappa shape index (κ2) is 7.67. The Bertz CT molecular complexity index is 1070. The Labute approximate surface area is 166 Å². The summed E-state index contributed by atoms with van der Waals surface area (Å²) in [6.07, 6.45) is 0. The Morgan fingerprint density at radius 2 is 1.54 bits per heavy atom. The minimum Gasteiger partial charge on any atom is -0.273 e. The van der Waals surface area contributed by atoms with Crippen molar-refractivity contribution in [2.75, 3.05) is 12.3 Å². The van der Waals surface area contributed by atoms with Crippen LogP contribution in [-0.4, -0.2) is 34.0 Å². The van der Waals surface area contributed by atoms with E-state index in [1.54, 1.807) is 30.3 Å². The maximum atomic E-state index is 12.4. The average molecular weight is 385 g/mol. The molecule has 0 bridgehead atoms. The van der Waals surface area contributed by atoms with E-state index >= 15 is 0 Å². The van der Waals surface area contributed by atoms with E-state index in [1.807, 2.05) is 36.4 Å². The smallest absolute Gasteiger partial charge is 0.261 e. The summed E-state index contributed by atoms with van der Waals surface area (Å²) in [5.41, 5.74) is 3.11. The van der Waals surface area contributed by atoms with Crippen LogP contribution in [0.25, 0.3) is 11.3 Å². The zero-order valence-electron chi connectivity index (χ0n) is 14.8. The molecule has 136 valence electrons. The minimum atomic E-state index is -0.271. The number of rotatable bonds is 5. The number of nitrogens with zero attached hydrogens (tertiary/aromatic N) is 3. The second-order valence-electron chi connectivity index (χ2n) is 6.18. The van der Waals surface area contributed by atoms with Gasteiger partial charge in [-0.2, -0.15) is 5.26 Å². The van der Waals surface area contributed by atoms with Crippen molar-refractivity contribution in [3.63, 3.8) is 0 Å². The van der Waals surface area contributed by atoms with E-state index in [0.717, 1.165) is 11.3 Å². The van der Waals surface area contributed by atoms with Crippen LogP contribution in [0, 0.1) is 11.3 Å². The molecule has 2 aromatic carbocycles. The molecule has 4 rings (SSSR count). The summed E-state index contributed by atoms with van der Waals surface area (Å²) in [6.45, 7) is 0.263. The van der Waals surface area contributed by atoms with Crippen molar-refractivity contribution >= 4 is 23.6 Å². The van der Waals surface area contributed by atoms with Crippen molar-refractivity contribution in [1.82, 2.24) is 9.88 Å². The molecule has 5 nitrogen and oxygen atoms in total.